The zero-order valence-corrected chi connectivity index (χ0v) is 12.9. The van der Waals surface area contributed by atoms with Crippen LogP contribution in [-0.2, 0) is 4.79 Å². The number of carbonyl (C=O) groups excluding carboxylic acids is 1. The summed E-state index contributed by atoms with van der Waals surface area (Å²) >= 11 is 0. The van der Waals surface area contributed by atoms with Gasteiger partial charge < -0.3 is 15.7 Å². The van der Waals surface area contributed by atoms with Gasteiger partial charge in [-0.25, -0.2) is 0 Å². The van der Waals surface area contributed by atoms with E-state index in [1.807, 2.05) is 25.7 Å². The summed E-state index contributed by atoms with van der Waals surface area (Å²) < 4.78 is 0. The van der Waals surface area contributed by atoms with Gasteiger partial charge in [-0.3, -0.25) is 9.69 Å². The second kappa shape index (κ2) is 5.77. The van der Waals surface area contributed by atoms with E-state index in [0.29, 0.717) is 19.6 Å². The molecule has 112 valence electrons. The van der Waals surface area contributed by atoms with Crippen LogP contribution >= 0.6 is 0 Å². The molecule has 1 rings (SSSR count). The Morgan fingerprint density at radius 1 is 1.16 bits per heavy atom. The van der Waals surface area contributed by atoms with E-state index in [2.05, 4.69) is 4.90 Å². The summed E-state index contributed by atoms with van der Waals surface area (Å²) in [4.78, 5) is 16.3. The van der Waals surface area contributed by atoms with Crippen LogP contribution in [0.1, 0.15) is 34.6 Å². The van der Waals surface area contributed by atoms with Crippen LogP contribution in [0.15, 0.2) is 0 Å². The molecular formula is C14H29N3O2. The number of piperazine rings is 1. The molecule has 0 unspecified atom stereocenters. The molecule has 5 heteroatoms. The highest BCUT2D eigenvalue weighted by Crippen LogP contribution is 2.20. The number of nitrogens with two attached hydrogens (primary N) is 1. The van der Waals surface area contributed by atoms with Crippen LogP contribution in [0.3, 0.4) is 0 Å². The predicted molar refractivity (Wildman–Crippen MR) is 76.7 cm³/mol. The van der Waals surface area contributed by atoms with Gasteiger partial charge in [-0.15, -0.1) is 0 Å². The third-order valence-corrected chi connectivity index (χ3v) is 3.49. The molecule has 0 radical (unpaired) electrons. The van der Waals surface area contributed by atoms with E-state index in [-0.39, 0.29) is 11.3 Å². The maximum atomic E-state index is 12.3. The van der Waals surface area contributed by atoms with E-state index >= 15 is 0 Å². The molecule has 0 aromatic heterocycles. The van der Waals surface area contributed by atoms with Gasteiger partial charge in [-0.05, 0) is 19.3 Å². The van der Waals surface area contributed by atoms with Crippen molar-refractivity contribution >= 4 is 5.91 Å². The summed E-state index contributed by atoms with van der Waals surface area (Å²) in [5, 5.41) is 9.80. The lowest BCUT2D eigenvalue weighted by molar-refractivity contribution is -0.137. The van der Waals surface area contributed by atoms with Crippen LogP contribution in [0.25, 0.3) is 0 Å². The lowest BCUT2D eigenvalue weighted by Crippen LogP contribution is -2.57. The largest absolute Gasteiger partial charge is 0.389 e. The molecule has 1 aliphatic heterocycles. The van der Waals surface area contributed by atoms with Crippen LogP contribution in [-0.4, -0.2) is 65.2 Å². The van der Waals surface area contributed by atoms with Gasteiger partial charge in [0.2, 0.25) is 5.91 Å². The molecule has 19 heavy (non-hydrogen) atoms. The molecule has 0 spiro atoms. The summed E-state index contributed by atoms with van der Waals surface area (Å²) in [6, 6.07) is -0.451. The zero-order valence-electron chi connectivity index (χ0n) is 12.9. The van der Waals surface area contributed by atoms with Gasteiger partial charge in [-0.1, -0.05) is 20.8 Å². The minimum Gasteiger partial charge on any atom is -0.389 e. The number of hydrogen-bond donors (Lipinski definition) is 2. The van der Waals surface area contributed by atoms with E-state index < -0.39 is 11.6 Å². The topological polar surface area (TPSA) is 69.8 Å². The van der Waals surface area contributed by atoms with Gasteiger partial charge in [-0.2, -0.15) is 0 Å². The summed E-state index contributed by atoms with van der Waals surface area (Å²) in [6.07, 6.45) is 0. The molecule has 5 nitrogen and oxygen atoms in total. The number of nitrogens with zero attached hydrogens (tertiary/aromatic N) is 2. The second-order valence-electron chi connectivity index (χ2n) is 7.26. The number of amides is 1. The van der Waals surface area contributed by atoms with Crippen LogP contribution in [0.2, 0.25) is 0 Å². The number of carbonyl (C=O) groups is 1. The van der Waals surface area contributed by atoms with Crippen molar-refractivity contribution in [1.29, 1.82) is 0 Å². The Morgan fingerprint density at radius 3 is 2.00 bits per heavy atom. The lowest BCUT2D eigenvalue weighted by atomic mass is 9.86. The highest BCUT2D eigenvalue weighted by atomic mass is 16.3. The number of aliphatic hydroxyl groups is 1. The summed E-state index contributed by atoms with van der Waals surface area (Å²) in [5.41, 5.74) is 5.12. The standard InChI is InChI=1S/C14H29N3O2/c1-13(2,3)11(15)12(18)17-8-6-16(7-9-17)10-14(4,5)19/h11,19H,6-10,15H2,1-5H3/t11-/m0/s1. The maximum Gasteiger partial charge on any atom is 0.240 e. The molecule has 1 fully saturated rings. The third-order valence-electron chi connectivity index (χ3n) is 3.49. The van der Waals surface area contributed by atoms with Gasteiger partial charge >= 0.3 is 0 Å². The summed E-state index contributed by atoms with van der Waals surface area (Å²) in [7, 11) is 0. The Bertz CT molecular complexity index is 310. The van der Waals surface area contributed by atoms with Crippen molar-refractivity contribution in [2.24, 2.45) is 11.1 Å². The summed E-state index contributed by atoms with van der Waals surface area (Å²) in [6.45, 7) is 13.2. The highest BCUT2D eigenvalue weighted by molar-refractivity contribution is 5.82. The molecule has 1 aliphatic rings. The molecule has 0 aliphatic carbocycles. The highest BCUT2D eigenvalue weighted by Gasteiger charge is 2.33. The first-order chi connectivity index (χ1) is 8.50. The Morgan fingerprint density at radius 2 is 1.63 bits per heavy atom. The van der Waals surface area contributed by atoms with Crippen molar-refractivity contribution in [2.75, 3.05) is 32.7 Å². The van der Waals surface area contributed by atoms with Gasteiger partial charge in [0.05, 0.1) is 11.6 Å². The Labute approximate surface area is 116 Å². The molecule has 1 atom stereocenters. The Hall–Kier alpha value is -0.650. The van der Waals surface area contributed by atoms with E-state index in [4.69, 9.17) is 5.73 Å². The van der Waals surface area contributed by atoms with Crippen molar-refractivity contribution in [3.05, 3.63) is 0 Å². The molecule has 3 N–H and O–H groups in total. The van der Waals surface area contributed by atoms with E-state index in [9.17, 15) is 9.90 Å². The van der Waals surface area contributed by atoms with Gasteiger partial charge in [0.15, 0.2) is 0 Å². The van der Waals surface area contributed by atoms with Gasteiger partial charge in [0.1, 0.15) is 0 Å². The number of β-amino-alcohol motifs (C(OH)–C–C–N with tert-alkyl or cyclic N) is 1. The summed E-state index contributed by atoms with van der Waals surface area (Å²) in [5.74, 6) is 0.0374. The van der Waals surface area contributed by atoms with E-state index in [1.54, 1.807) is 13.8 Å². The molecule has 1 amide bonds. The van der Waals surface area contributed by atoms with E-state index in [1.165, 1.54) is 0 Å². The molecule has 0 aromatic carbocycles. The average Bonchev–Trinajstić information content (AvgIpc) is 2.24. The maximum absolute atomic E-state index is 12.3. The normalized spacial score (nSPS) is 20.5. The van der Waals surface area contributed by atoms with Crippen molar-refractivity contribution in [3.63, 3.8) is 0 Å². The van der Waals surface area contributed by atoms with Gasteiger partial charge in [0.25, 0.3) is 0 Å². The number of rotatable bonds is 3. The molecule has 1 heterocycles. The van der Waals surface area contributed by atoms with Crippen LogP contribution in [0, 0.1) is 5.41 Å². The predicted octanol–water partition coefficient (Wildman–Crippen LogP) is 0.275. The Balaban J connectivity index is 2.48. The minimum absolute atomic E-state index is 0.0374. The fraction of sp³-hybridized carbons (Fsp3) is 0.929. The number of hydrogen-bond acceptors (Lipinski definition) is 4. The molecule has 0 bridgehead atoms. The average molecular weight is 271 g/mol. The van der Waals surface area contributed by atoms with Crippen molar-refractivity contribution < 1.29 is 9.90 Å². The fourth-order valence-corrected chi connectivity index (χ4v) is 2.24. The monoisotopic (exact) mass is 271 g/mol. The van der Waals surface area contributed by atoms with Crippen LogP contribution in [0.5, 0.6) is 0 Å². The second-order valence-corrected chi connectivity index (χ2v) is 7.26. The van der Waals surface area contributed by atoms with Gasteiger partial charge in [0, 0.05) is 32.7 Å². The SMILES string of the molecule is CC(C)(O)CN1CCN(C(=O)[C@H](N)C(C)(C)C)CC1. The fourth-order valence-electron chi connectivity index (χ4n) is 2.24. The quantitative estimate of drug-likeness (QED) is 0.773. The van der Waals surface area contributed by atoms with Crippen molar-refractivity contribution in [1.82, 2.24) is 9.80 Å². The van der Waals surface area contributed by atoms with Crippen molar-refractivity contribution in [3.8, 4) is 0 Å². The van der Waals surface area contributed by atoms with E-state index in [0.717, 1.165) is 13.1 Å². The van der Waals surface area contributed by atoms with Crippen molar-refractivity contribution in [2.45, 2.75) is 46.3 Å². The Kier molecular flexibility index (Phi) is 4.98. The molecular weight excluding hydrogens is 242 g/mol. The van der Waals surface area contributed by atoms with Crippen LogP contribution in [0.4, 0.5) is 0 Å². The first-order valence-corrected chi connectivity index (χ1v) is 7.00. The molecule has 0 saturated carbocycles. The first-order valence-electron chi connectivity index (χ1n) is 7.00. The lowest BCUT2D eigenvalue weighted by Gasteiger charge is -2.39. The third kappa shape index (κ3) is 5.09. The first kappa shape index (κ1) is 16.4. The molecule has 0 aromatic rings. The molecule has 1 saturated heterocycles. The minimum atomic E-state index is -0.687. The smallest absolute Gasteiger partial charge is 0.240 e. The van der Waals surface area contributed by atoms with Crippen LogP contribution < -0.4 is 5.73 Å². The zero-order chi connectivity index (χ0) is 14.8.